The monoisotopic (exact) mass is 227 g/mol. The molecule has 0 aliphatic rings. The van der Waals surface area contributed by atoms with Crippen molar-refractivity contribution in [3.05, 3.63) is 21.8 Å². The van der Waals surface area contributed by atoms with Gasteiger partial charge in [-0.3, -0.25) is 8.75 Å². The lowest BCUT2D eigenvalue weighted by Crippen LogP contribution is -2.16. The molecule has 0 spiro atoms. The average Bonchev–Trinajstić information content (AvgIpc) is 2.59. The predicted molar refractivity (Wildman–Crippen MR) is 66.5 cm³/mol. The highest BCUT2D eigenvalue weighted by Crippen LogP contribution is 2.12. The van der Waals surface area contributed by atoms with E-state index in [1.54, 1.807) is 6.07 Å². The molecule has 0 bridgehead atoms. The second-order valence-corrected chi connectivity index (χ2v) is 5.19. The number of rotatable bonds is 7. The molecule has 86 valence electrons. The Morgan fingerprint density at radius 2 is 2.20 bits per heavy atom. The Morgan fingerprint density at radius 1 is 1.40 bits per heavy atom. The number of hydrogen-bond acceptors (Lipinski definition) is 2. The van der Waals surface area contributed by atoms with Gasteiger partial charge in [-0.05, 0) is 12.3 Å². The van der Waals surface area contributed by atoms with Gasteiger partial charge in [0.1, 0.15) is 0 Å². The van der Waals surface area contributed by atoms with Crippen molar-refractivity contribution in [2.75, 3.05) is 0 Å². The van der Waals surface area contributed by atoms with Gasteiger partial charge in [-0.2, -0.15) is 0 Å². The topological polar surface area (TPSA) is 22.0 Å². The molecule has 0 saturated heterocycles. The zero-order valence-corrected chi connectivity index (χ0v) is 10.6. The van der Waals surface area contributed by atoms with Gasteiger partial charge in [0.2, 0.25) is 0 Å². The number of unbranched alkanes of at least 4 members (excludes halogenated alkanes) is 3. The van der Waals surface area contributed by atoms with Crippen LogP contribution in [0.1, 0.15) is 46.0 Å². The Hall–Kier alpha value is -0.570. The van der Waals surface area contributed by atoms with Crippen LogP contribution < -0.4 is 5.56 Å². The first-order valence-electron chi connectivity index (χ1n) is 5.89. The van der Waals surface area contributed by atoms with E-state index < -0.39 is 0 Å². The van der Waals surface area contributed by atoms with Gasteiger partial charge < -0.3 is 0 Å². The van der Waals surface area contributed by atoms with Gasteiger partial charge in [0.15, 0.2) is 0 Å². The van der Waals surface area contributed by atoms with Crippen molar-refractivity contribution in [2.45, 2.75) is 52.5 Å². The first-order chi connectivity index (χ1) is 7.24. The molecule has 0 radical (unpaired) electrons. The standard InChI is InChI=1S/C12H21NOS/c1-3-4-5-6-7-11(2)10-13-12(14)8-9-15-13/h8-9,11H,3-7,10H2,1-2H3. The van der Waals surface area contributed by atoms with Gasteiger partial charge in [0.05, 0.1) is 0 Å². The van der Waals surface area contributed by atoms with Crippen LogP contribution in [0.25, 0.3) is 0 Å². The van der Waals surface area contributed by atoms with Crippen molar-refractivity contribution >= 4 is 11.5 Å². The summed E-state index contributed by atoms with van der Waals surface area (Å²) < 4.78 is 1.85. The largest absolute Gasteiger partial charge is 0.268 e. The average molecular weight is 227 g/mol. The number of hydrogen-bond donors (Lipinski definition) is 0. The highest BCUT2D eigenvalue weighted by Gasteiger charge is 2.04. The van der Waals surface area contributed by atoms with Crippen LogP contribution >= 0.6 is 11.5 Å². The minimum Gasteiger partial charge on any atom is -0.268 e. The third-order valence-electron chi connectivity index (χ3n) is 2.67. The minimum absolute atomic E-state index is 0.153. The molecule has 0 amide bonds. The molecular weight excluding hydrogens is 206 g/mol. The lowest BCUT2D eigenvalue weighted by Gasteiger charge is -2.10. The molecule has 0 aliphatic heterocycles. The molecule has 0 saturated carbocycles. The minimum atomic E-state index is 0.153. The Morgan fingerprint density at radius 3 is 2.80 bits per heavy atom. The van der Waals surface area contributed by atoms with E-state index in [0.29, 0.717) is 5.92 Å². The predicted octanol–water partition coefficient (Wildman–Crippen LogP) is 3.52. The molecule has 1 aromatic rings. The molecule has 2 nitrogen and oxygen atoms in total. The first-order valence-corrected chi connectivity index (χ1v) is 6.72. The molecule has 1 heterocycles. The maximum Gasteiger partial charge on any atom is 0.260 e. The second-order valence-electron chi connectivity index (χ2n) is 4.26. The molecule has 15 heavy (non-hydrogen) atoms. The molecule has 0 aliphatic carbocycles. The molecule has 1 unspecified atom stereocenters. The highest BCUT2D eigenvalue weighted by molar-refractivity contribution is 7.04. The molecule has 0 N–H and O–H groups in total. The number of nitrogens with zero attached hydrogens (tertiary/aromatic N) is 1. The van der Waals surface area contributed by atoms with Crippen LogP contribution in [0.15, 0.2) is 16.2 Å². The number of aromatic nitrogens is 1. The summed E-state index contributed by atoms with van der Waals surface area (Å²) in [4.78, 5) is 11.3. The van der Waals surface area contributed by atoms with E-state index in [1.807, 2.05) is 9.34 Å². The molecule has 1 aromatic heterocycles. The summed E-state index contributed by atoms with van der Waals surface area (Å²) in [6.45, 7) is 5.36. The molecule has 1 atom stereocenters. The summed E-state index contributed by atoms with van der Waals surface area (Å²) in [5.41, 5.74) is 0.153. The SMILES string of the molecule is CCCCCCC(C)Cn1sccc1=O. The summed E-state index contributed by atoms with van der Waals surface area (Å²) in [5.74, 6) is 0.623. The van der Waals surface area contributed by atoms with Gasteiger partial charge >= 0.3 is 0 Å². The quantitative estimate of drug-likeness (QED) is 0.653. The van der Waals surface area contributed by atoms with E-state index >= 15 is 0 Å². The van der Waals surface area contributed by atoms with Crippen LogP contribution in [0.3, 0.4) is 0 Å². The summed E-state index contributed by atoms with van der Waals surface area (Å²) in [6.07, 6.45) is 6.50. The van der Waals surface area contributed by atoms with Gasteiger partial charge in [-0.25, -0.2) is 0 Å². The first kappa shape index (κ1) is 12.5. The van der Waals surface area contributed by atoms with Gasteiger partial charge in [0.25, 0.3) is 5.56 Å². The van der Waals surface area contributed by atoms with Crippen molar-refractivity contribution in [1.29, 1.82) is 0 Å². The normalized spacial score (nSPS) is 12.9. The third-order valence-corrected chi connectivity index (χ3v) is 3.51. The Balaban J connectivity index is 2.21. The Bertz CT molecular complexity index is 315. The smallest absolute Gasteiger partial charge is 0.260 e. The maximum atomic E-state index is 11.3. The van der Waals surface area contributed by atoms with Crippen molar-refractivity contribution in [3.63, 3.8) is 0 Å². The molecular formula is C12H21NOS. The summed E-state index contributed by atoms with van der Waals surface area (Å²) in [5, 5.41) is 1.87. The van der Waals surface area contributed by atoms with Crippen LogP contribution in [0.4, 0.5) is 0 Å². The van der Waals surface area contributed by atoms with E-state index in [0.717, 1.165) is 6.54 Å². The molecule has 3 heteroatoms. The fourth-order valence-corrected chi connectivity index (χ4v) is 2.55. The van der Waals surface area contributed by atoms with E-state index in [4.69, 9.17) is 0 Å². The van der Waals surface area contributed by atoms with Crippen molar-refractivity contribution < 1.29 is 0 Å². The lowest BCUT2D eigenvalue weighted by atomic mass is 10.0. The Kier molecular flexibility index (Phi) is 5.69. The fraction of sp³-hybridized carbons (Fsp3) is 0.750. The van der Waals surface area contributed by atoms with Gasteiger partial charge in [0, 0.05) is 18.0 Å². The van der Waals surface area contributed by atoms with Crippen LogP contribution in [0, 0.1) is 5.92 Å². The molecule has 0 aromatic carbocycles. The summed E-state index contributed by atoms with van der Waals surface area (Å²) in [7, 11) is 0. The van der Waals surface area contributed by atoms with Crippen LogP contribution in [0.2, 0.25) is 0 Å². The van der Waals surface area contributed by atoms with Crippen molar-refractivity contribution in [3.8, 4) is 0 Å². The van der Waals surface area contributed by atoms with E-state index in [-0.39, 0.29) is 5.56 Å². The van der Waals surface area contributed by atoms with Crippen molar-refractivity contribution in [1.82, 2.24) is 3.96 Å². The lowest BCUT2D eigenvalue weighted by molar-refractivity contribution is 0.436. The second kappa shape index (κ2) is 6.83. The van der Waals surface area contributed by atoms with Gasteiger partial charge in [-0.15, -0.1) is 0 Å². The Labute approximate surface area is 96.1 Å². The van der Waals surface area contributed by atoms with E-state index in [9.17, 15) is 4.79 Å². The van der Waals surface area contributed by atoms with Crippen LogP contribution in [-0.2, 0) is 6.54 Å². The molecule has 1 rings (SSSR count). The summed E-state index contributed by atoms with van der Waals surface area (Å²) in [6, 6.07) is 1.65. The highest BCUT2D eigenvalue weighted by atomic mass is 32.1. The van der Waals surface area contributed by atoms with E-state index in [2.05, 4.69) is 13.8 Å². The van der Waals surface area contributed by atoms with Gasteiger partial charge in [-0.1, -0.05) is 51.1 Å². The van der Waals surface area contributed by atoms with Crippen LogP contribution in [-0.4, -0.2) is 3.96 Å². The summed E-state index contributed by atoms with van der Waals surface area (Å²) >= 11 is 1.53. The maximum absolute atomic E-state index is 11.3. The molecule has 0 fully saturated rings. The van der Waals surface area contributed by atoms with E-state index in [1.165, 1.54) is 43.6 Å². The zero-order chi connectivity index (χ0) is 11.1. The van der Waals surface area contributed by atoms with Crippen molar-refractivity contribution in [2.24, 2.45) is 5.92 Å². The zero-order valence-electron chi connectivity index (χ0n) is 9.74. The third kappa shape index (κ3) is 4.65. The fourth-order valence-electron chi connectivity index (χ4n) is 1.72. The van der Waals surface area contributed by atoms with Crippen LogP contribution in [0.5, 0.6) is 0 Å².